The second kappa shape index (κ2) is 4.12. The average Bonchev–Trinajstić information content (AvgIpc) is 2.99. The van der Waals surface area contributed by atoms with Crippen molar-refractivity contribution in [1.82, 2.24) is 14.8 Å². The smallest absolute Gasteiger partial charge is 0.243 e. The number of halogens is 1. The van der Waals surface area contributed by atoms with Crippen LogP contribution < -0.4 is 5.43 Å². The van der Waals surface area contributed by atoms with E-state index >= 15 is 0 Å². The summed E-state index contributed by atoms with van der Waals surface area (Å²) in [5.41, 5.74) is 3.18. The fourth-order valence-electron chi connectivity index (χ4n) is 1.49. The summed E-state index contributed by atoms with van der Waals surface area (Å²) in [5.74, 6) is 0.123. The maximum absolute atomic E-state index is 11.4. The lowest BCUT2D eigenvalue weighted by Crippen LogP contribution is -2.19. The van der Waals surface area contributed by atoms with Gasteiger partial charge in [-0.25, -0.2) is 10.4 Å². The summed E-state index contributed by atoms with van der Waals surface area (Å²) in [6, 6.07) is 0. The number of nitrogens with zero attached hydrogens (tertiary/aromatic N) is 3. The highest BCUT2D eigenvalue weighted by Crippen LogP contribution is 2.28. The van der Waals surface area contributed by atoms with Crippen LogP contribution in [0.2, 0.25) is 5.15 Å². The molecule has 0 aromatic carbocycles. The van der Waals surface area contributed by atoms with Gasteiger partial charge in [-0.2, -0.15) is 5.10 Å². The van der Waals surface area contributed by atoms with Crippen LogP contribution >= 0.6 is 22.9 Å². The second-order valence-electron chi connectivity index (χ2n) is 3.85. The first-order valence-corrected chi connectivity index (χ1v) is 6.45. The standard InChI is InChI=1S/C10H9ClN4OS/c11-8-7(15-3-4-17-10(15)13-8)5-12-14-9(16)6-1-2-6/h3-6H,1-2H2,(H,14,16)/b12-5-. The van der Waals surface area contributed by atoms with Crippen molar-refractivity contribution in [3.05, 3.63) is 22.4 Å². The topological polar surface area (TPSA) is 58.8 Å². The van der Waals surface area contributed by atoms with Gasteiger partial charge in [0.05, 0.1) is 6.21 Å². The predicted octanol–water partition coefficient (Wildman–Crippen LogP) is 1.91. The highest BCUT2D eigenvalue weighted by Gasteiger charge is 2.29. The summed E-state index contributed by atoms with van der Waals surface area (Å²) >= 11 is 7.47. The van der Waals surface area contributed by atoms with Gasteiger partial charge in [-0.1, -0.05) is 11.6 Å². The molecular weight excluding hydrogens is 260 g/mol. The third-order valence-corrected chi connectivity index (χ3v) is 3.60. The van der Waals surface area contributed by atoms with Crippen molar-refractivity contribution >= 4 is 40.0 Å². The van der Waals surface area contributed by atoms with Crippen LogP contribution in [0, 0.1) is 5.92 Å². The normalized spacial score (nSPS) is 15.8. The summed E-state index contributed by atoms with van der Waals surface area (Å²) in [5, 5.41) is 6.21. The molecule has 0 radical (unpaired) electrons. The van der Waals surface area contributed by atoms with Crippen molar-refractivity contribution in [2.24, 2.45) is 11.0 Å². The monoisotopic (exact) mass is 268 g/mol. The molecule has 0 atom stereocenters. The van der Waals surface area contributed by atoms with E-state index in [1.165, 1.54) is 17.6 Å². The van der Waals surface area contributed by atoms with Crippen molar-refractivity contribution in [1.29, 1.82) is 0 Å². The maximum atomic E-state index is 11.4. The highest BCUT2D eigenvalue weighted by atomic mass is 35.5. The van der Waals surface area contributed by atoms with Gasteiger partial charge in [0.1, 0.15) is 5.69 Å². The molecule has 88 valence electrons. The SMILES string of the molecule is O=C(N/N=C\c1c(Cl)nc2sccn12)C1CC1. The van der Waals surface area contributed by atoms with E-state index in [1.807, 2.05) is 16.0 Å². The van der Waals surface area contributed by atoms with E-state index in [1.54, 1.807) is 0 Å². The van der Waals surface area contributed by atoms with Crippen LogP contribution in [0.25, 0.3) is 4.96 Å². The minimum absolute atomic E-state index is 0.0246. The van der Waals surface area contributed by atoms with Gasteiger partial charge in [0, 0.05) is 17.5 Å². The Hall–Kier alpha value is -1.40. The Balaban J connectivity index is 1.78. The zero-order valence-electron chi connectivity index (χ0n) is 8.76. The van der Waals surface area contributed by atoms with Crippen molar-refractivity contribution in [3.8, 4) is 0 Å². The number of hydrogen-bond donors (Lipinski definition) is 1. The number of hydrazone groups is 1. The van der Waals surface area contributed by atoms with E-state index < -0.39 is 0 Å². The van der Waals surface area contributed by atoms with Crippen LogP contribution in [-0.2, 0) is 4.79 Å². The van der Waals surface area contributed by atoms with Crippen LogP contribution in [0.3, 0.4) is 0 Å². The molecule has 3 rings (SSSR count). The van der Waals surface area contributed by atoms with Gasteiger partial charge in [-0.05, 0) is 12.8 Å². The molecule has 2 aromatic heterocycles. The van der Waals surface area contributed by atoms with E-state index in [0.717, 1.165) is 17.8 Å². The van der Waals surface area contributed by atoms with E-state index in [9.17, 15) is 4.79 Å². The van der Waals surface area contributed by atoms with Crippen LogP contribution in [0.4, 0.5) is 0 Å². The molecule has 1 aliphatic carbocycles. The van der Waals surface area contributed by atoms with E-state index in [2.05, 4.69) is 15.5 Å². The molecule has 0 aliphatic heterocycles. The molecule has 0 bridgehead atoms. The maximum Gasteiger partial charge on any atom is 0.243 e. The summed E-state index contributed by atoms with van der Waals surface area (Å²) in [6.07, 6.45) is 5.31. The Labute approximate surface area is 106 Å². The highest BCUT2D eigenvalue weighted by molar-refractivity contribution is 7.15. The van der Waals surface area contributed by atoms with Crippen molar-refractivity contribution in [3.63, 3.8) is 0 Å². The van der Waals surface area contributed by atoms with Crippen LogP contribution in [-0.4, -0.2) is 21.5 Å². The number of hydrogen-bond acceptors (Lipinski definition) is 4. The second-order valence-corrected chi connectivity index (χ2v) is 5.08. The summed E-state index contributed by atoms with van der Waals surface area (Å²) in [6.45, 7) is 0. The molecule has 1 fully saturated rings. The Morgan fingerprint density at radius 3 is 3.29 bits per heavy atom. The zero-order valence-corrected chi connectivity index (χ0v) is 10.3. The number of carbonyl (C=O) groups excluding carboxylic acids is 1. The quantitative estimate of drug-likeness (QED) is 0.683. The van der Waals surface area contributed by atoms with Crippen LogP contribution in [0.1, 0.15) is 18.5 Å². The Morgan fingerprint density at radius 2 is 2.53 bits per heavy atom. The lowest BCUT2D eigenvalue weighted by Gasteiger charge is -1.95. The molecule has 1 amide bonds. The first kappa shape index (κ1) is 10.7. The number of nitrogens with one attached hydrogen (secondary N) is 1. The Kier molecular flexibility index (Phi) is 2.60. The van der Waals surface area contributed by atoms with Gasteiger partial charge in [0.25, 0.3) is 0 Å². The van der Waals surface area contributed by atoms with Gasteiger partial charge < -0.3 is 0 Å². The molecule has 0 unspecified atom stereocenters. The number of imidazole rings is 1. The van der Waals surface area contributed by atoms with Gasteiger partial charge in [-0.15, -0.1) is 11.3 Å². The van der Waals surface area contributed by atoms with Gasteiger partial charge in [0.2, 0.25) is 5.91 Å². The number of aromatic nitrogens is 2. The zero-order chi connectivity index (χ0) is 11.8. The molecule has 1 aliphatic rings. The molecule has 1 saturated carbocycles. The first-order valence-electron chi connectivity index (χ1n) is 5.19. The fourth-order valence-corrected chi connectivity index (χ4v) is 2.48. The third-order valence-electron chi connectivity index (χ3n) is 2.56. The molecule has 17 heavy (non-hydrogen) atoms. The molecule has 7 heteroatoms. The van der Waals surface area contributed by atoms with Crippen molar-refractivity contribution < 1.29 is 4.79 Å². The molecule has 1 N–H and O–H groups in total. The Bertz CT molecular complexity index is 598. The summed E-state index contributed by atoms with van der Waals surface area (Å²) in [4.78, 5) is 16.3. The van der Waals surface area contributed by atoms with E-state index in [-0.39, 0.29) is 11.8 Å². The molecular formula is C10H9ClN4OS. The Morgan fingerprint density at radius 1 is 1.71 bits per heavy atom. The molecule has 5 nitrogen and oxygen atoms in total. The van der Waals surface area contributed by atoms with Gasteiger partial charge >= 0.3 is 0 Å². The largest absolute Gasteiger partial charge is 0.288 e. The molecule has 0 saturated heterocycles. The molecule has 2 aromatic rings. The van der Waals surface area contributed by atoms with E-state index in [0.29, 0.717) is 10.8 Å². The number of fused-ring (bicyclic) bond motifs is 1. The molecule has 2 heterocycles. The number of thiazole rings is 1. The predicted molar refractivity (Wildman–Crippen MR) is 66.5 cm³/mol. The van der Waals surface area contributed by atoms with Crippen molar-refractivity contribution in [2.45, 2.75) is 12.8 Å². The fraction of sp³-hybridized carbons (Fsp3) is 0.300. The third kappa shape index (κ3) is 2.05. The summed E-state index contributed by atoms with van der Waals surface area (Å²) < 4.78 is 1.83. The minimum atomic E-state index is -0.0246. The average molecular weight is 269 g/mol. The lowest BCUT2D eigenvalue weighted by molar-refractivity contribution is -0.122. The van der Waals surface area contributed by atoms with Gasteiger partial charge in [-0.3, -0.25) is 9.20 Å². The number of carbonyl (C=O) groups is 1. The summed E-state index contributed by atoms with van der Waals surface area (Å²) in [7, 11) is 0. The van der Waals surface area contributed by atoms with Gasteiger partial charge in [0.15, 0.2) is 10.1 Å². The number of rotatable bonds is 3. The first-order chi connectivity index (χ1) is 8.25. The van der Waals surface area contributed by atoms with Crippen LogP contribution in [0.5, 0.6) is 0 Å². The minimum Gasteiger partial charge on any atom is -0.288 e. The number of amides is 1. The lowest BCUT2D eigenvalue weighted by atomic mass is 10.4. The van der Waals surface area contributed by atoms with Crippen molar-refractivity contribution in [2.75, 3.05) is 0 Å². The van der Waals surface area contributed by atoms with E-state index in [4.69, 9.17) is 11.6 Å². The van der Waals surface area contributed by atoms with Crippen LogP contribution in [0.15, 0.2) is 16.7 Å². The molecule has 0 spiro atoms.